The molecule has 6 atom stereocenters. The Labute approximate surface area is 189 Å². The van der Waals surface area contributed by atoms with Gasteiger partial charge in [0.15, 0.2) is 5.72 Å². The van der Waals surface area contributed by atoms with E-state index in [1.54, 1.807) is 12.4 Å². The van der Waals surface area contributed by atoms with E-state index in [0.29, 0.717) is 39.7 Å². The minimum atomic E-state index is -1.62. The molecule has 0 radical (unpaired) electrons. The largest absolute Gasteiger partial charge is 0.370 e. The first-order valence-electron chi connectivity index (χ1n) is 10.8. The average molecular weight is 463 g/mol. The van der Waals surface area contributed by atoms with Crippen molar-refractivity contribution in [1.82, 2.24) is 24.8 Å². The highest BCUT2D eigenvalue weighted by Gasteiger charge is 2.51. The summed E-state index contributed by atoms with van der Waals surface area (Å²) in [6, 6.07) is 0.476. The third kappa shape index (κ3) is 3.70. The van der Waals surface area contributed by atoms with Crippen LogP contribution in [-0.2, 0) is 22.9 Å². The molecule has 4 unspecified atom stereocenters. The highest BCUT2D eigenvalue weighted by Crippen LogP contribution is 2.46. The molecular formula is C21H27ClN6O2S. The van der Waals surface area contributed by atoms with Crippen molar-refractivity contribution in [2.75, 3.05) is 12.3 Å². The van der Waals surface area contributed by atoms with Gasteiger partial charge < -0.3 is 5.11 Å². The third-order valence-electron chi connectivity index (χ3n) is 7.17. The van der Waals surface area contributed by atoms with Crippen molar-refractivity contribution in [1.29, 1.82) is 0 Å². The van der Waals surface area contributed by atoms with E-state index in [1.807, 2.05) is 0 Å². The van der Waals surface area contributed by atoms with E-state index in [4.69, 9.17) is 17.3 Å². The second-order valence-electron chi connectivity index (χ2n) is 8.94. The zero-order valence-electron chi connectivity index (χ0n) is 17.4. The number of fused-ring (bicyclic) bond motifs is 1. The van der Waals surface area contributed by atoms with Gasteiger partial charge in [-0.1, -0.05) is 11.6 Å². The maximum Gasteiger partial charge on any atom is 0.162 e. The number of aliphatic hydroxyl groups is 1. The standard InChI is InChI=1S/C21H27ClN6O2S/c1-12-8-13(20-24-9-14(22)10-25-20)4-6-28(12)17-3-2-15(17)21(23,29)19-18-16(26-11-27-19)5-7-31(18)30/h9-13,15,17,29H,2-8,23H2,1H3/t12-,13?,15?,17?,21+,31?/m0/s1. The number of rotatable bonds is 4. The second-order valence-corrected chi connectivity index (χ2v) is 10.9. The molecule has 0 bridgehead atoms. The lowest BCUT2D eigenvalue weighted by Crippen LogP contribution is -2.62. The number of likely N-dealkylation sites (tertiary alicyclic amines) is 1. The van der Waals surface area contributed by atoms with Gasteiger partial charge >= 0.3 is 0 Å². The van der Waals surface area contributed by atoms with Crippen LogP contribution in [0.15, 0.2) is 23.6 Å². The van der Waals surface area contributed by atoms with Crippen molar-refractivity contribution >= 4 is 22.4 Å². The molecule has 31 heavy (non-hydrogen) atoms. The predicted molar refractivity (Wildman–Crippen MR) is 117 cm³/mol. The molecule has 5 rings (SSSR count). The molecule has 3 N–H and O–H groups in total. The molecule has 0 spiro atoms. The molecule has 2 aliphatic heterocycles. The van der Waals surface area contributed by atoms with Gasteiger partial charge in [-0.3, -0.25) is 14.8 Å². The first-order valence-corrected chi connectivity index (χ1v) is 12.5. The second kappa shape index (κ2) is 8.12. The smallest absolute Gasteiger partial charge is 0.162 e. The highest BCUT2D eigenvalue weighted by atomic mass is 35.5. The molecule has 10 heteroatoms. The summed E-state index contributed by atoms with van der Waals surface area (Å²) in [4.78, 5) is 20.4. The van der Waals surface area contributed by atoms with E-state index in [-0.39, 0.29) is 12.0 Å². The van der Waals surface area contributed by atoms with Crippen molar-refractivity contribution in [3.8, 4) is 0 Å². The fourth-order valence-electron chi connectivity index (χ4n) is 5.42. The lowest BCUT2D eigenvalue weighted by atomic mass is 9.69. The summed E-state index contributed by atoms with van der Waals surface area (Å²) in [5.74, 6) is 1.50. The zero-order valence-corrected chi connectivity index (χ0v) is 19.0. The Kier molecular flexibility index (Phi) is 5.58. The molecule has 0 aromatic carbocycles. The number of hydrogen-bond donors (Lipinski definition) is 2. The van der Waals surface area contributed by atoms with Crippen LogP contribution >= 0.6 is 11.6 Å². The molecule has 1 saturated carbocycles. The summed E-state index contributed by atoms with van der Waals surface area (Å²) in [5.41, 5.74) is 6.00. The Morgan fingerprint density at radius 2 is 2.00 bits per heavy atom. The normalized spacial score (nSPS) is 32.8. The Hall–Kier alpha value is -1.52. The van der Waals surface area contributed by atoms with E-state index < -0.39 is 16.5 Å². The summed E-state index contributed by atoms with van der Waals surface area (Å²) in [6.45, 7) is 3.10. The molecule has 8 nitrogen and oxygen atoms in total. The molecule has 2 aromatic heterocycles. The zero-order chi connectivity index (χ0) is 21.8. The van der Waals surface area contributed by atoms with Crippen LogP contribution in [0, 0.1) is 5.92 Å². The minimum Gasteiger partial charge on any atom is -0.370 e. The Bertz CT molecular complexity index is 1000. The Balaban J connectivity index is 1.33. The van der Waals surface area contributed by atoms with Gasteiger partial charge in [0.05, 0.1) is 26.4 Å². The van der Waals surface area contributed by atoms with Gasteiger partial charge in [0.2, 0.25) is 0 Å². The van der Waals surface area contributed by atoms with Crippen LogP contribution in [0.1, 0.15) is 55.7 Å². The van der Waals surface area contributed by atoms with Crippen LogP contribution in [0.4, 0.5) is 0 Å². The fourth-order valence-corrected chi connectivity index (χ4v) is 6.95. The van der Waals surface area contributed by atoms with Crippen molar-refractivity contribution in [3.05, 3.63) is 41.0 Å². The van der Waals surface area contributed by atoms with E-state index in [9.17, 15) is 9.32 Å². The summed E-state index contributed by atoms with van der Waals surface area (Å²) in [7, 11) is -1.20. The van der Waals surface area contributed by atoms with Gasteiger partial charge in [0, 0.05) is 48.5 Å². The van der Waals surface area contributed by atoms with E-state index >= 15 is 0 Å². The van der Waals surface area contributed by atoms with E-state index in [2.05, 4.69) is 31.8 Å². The summed E-state index contributed by atoms with van der Waals surface area (Å²) in [5, 5.41) is 12.0. The number of aryl methyl sites for hydroxylation is 1. The average Bonchev–Trinajstić information content (AvgIpc) is 3.10. The van der Waals surface area contributed by atoms with Gasteiger partial charge in [0.1, 0.15) is 17.8 Å². The number of piperidine rings is 1. The summed E-state index contributed by atoms with van der Waals surface area (Å²) < 4.78 is 12.5. The van der Waals surface area contributed by atoms with Crippen LogP contribution in [-0.4, -0.2) is 58.5 Å². The van der Waals surface area contributed by atoms with Crippen molar-refractivity contribution in [2.45, 2.75) is 67.6 Å². The monoisotopic (exact) mass is 462 g/mol. The molecule has 1 saturated heterocycles. The lowest BCUT2D eigenvalue weighted by molar-refractivity contribution is -0.117. The molecule has 0 amide bonds. The van der Waals surface area contributed by atoms with E-state index in [0.717, 1.165) is 43.7 Å². The maximum absolute atomic E-state index is 12.5. The first-order chi connectivity index (χ1) is 14.9. The van der Waals surface area contributed by atoms with Gasteiger partial charge in [-0.2, -0.15) is 0 Å². The number of nitrogens with zero attached hydrogens (tertiary/aromatic N) is 5. The molecule has 3 aliphatic rings. The number of aromatic nitrogens is 4. The molecule has 2 fully saturated rings. The Morgan fingerprint density at radius 3 is 2.68 bits per heavy atom. The van der Waals surface area contributed by atoms with Crippen LogP contribution in [0.25, 0.3) is 0 Å². The lowest BCUT2D eigenvalue weighted by Gasteiger charge is -2.53. The van der Waals surface area contributed by atoms with Gasteiger partial charge in [-0.25, -0.2) is 19.9 Å². The minimum absolute atomic E-state index is 0.158. The van der Waals surface area contributed by atoms with Gasteiger partial charge in [-0.05, 0) is 39.2 Å². The summed E-state index contributed by atoms with van der Waals surface area (Å²) in [6.07, 6.45) is 9.07. The fraction of sp³-hybridized carbons (Fsp3) is 0.619. The number of hydrogen-bond acceptors (Lipinski definition) is 8. The molecular weight excluding hydrogens is 436 g/mol. The van der Waals surface area contributed by atoms with Crippen LogP contribution in [0.5, 0.6) is 0 Å². The maximum atomic E-state index is 12.5. The first kappa shape index (κ1) is 21.3. The van der Waals surface area contributed by atoms with Crippen molar-refractivity contribution < 1.29 is 9.32 Å². The topological polar surface area (TPSA) is 118 Å². The van der Waals surface area contributed by atoms with Crippen molar-refractivity contribution in [3.63, 3.8) is 0 Å². The summed E-state index contributed by atoms with van der Waals surface area (Å²) >= 11 is 5.93. The molecule has 2 aromatic rings. The van der Waals surface area contributed by atoms with E-state index in [1.165, 1.54) is 6.33 Å². The van der Waals surface area contributed by atoms with Crippen LogP contribution < -0.4 is 5.73 Å². The highest BCUT2D eigenvalue weighted by molar-refractivity contribution is 7.85. The molecule has 4 heterocycles. The van der Waals surface area contributed by atoms with Gasteiger partial charge in [-0.15, -0.1) is 0 Å². The predicted octanol–water partition coefficient (Wildman–Crippen LogP) is 1.73. The van der Waals surface area contributed by atoms with Crippen LogP contribution in [0.3, 0.4) is 0 Å². The quantitative estimate of drug-likeness (QED) is 0.659. The number of halogens is 1. The van der Waals surface area contributed by atoms with Crippen LogP contribution in [0.2, 0.25) is 5.02 Å². The van der Waals surface area contributed by atoms with Crippen molar-refractivity contribution in [2.24, 2.45) is 11.7 Å². The SMILES string of the molecule is C[C@H]1CC(c2ncc(Cl)cn2)CCN1C1CCC1[C@@](N)(O)c1ncnc2c1S(=O)CC2. The Morgan fingerprint density at radius 1 is 1.23 bits per heavy atom. The van der Waals surface area contributed by atoms with Gasteiger partial charge in [0.25, 0.3) is 0 Å². The number of nitrogens with two attached hydrogens (primary N) is 1. The third-order valence-corrected chi connectivity index (χ3v) is 8.83. The molecule has 166 valence electrons. The molecule has 1 aliphatic carbocycles.